The molecule has 1 aliphatic carbocycles. The third-order valence-electron chi connectivity index (χ3n) is 4.57. The summed E-state index contributed by atoms with van der Waals surface area (Å²) in [6.45, 7) is 5.40. The van der Waals surface area contributed by atoms with E-state index in [2.05, 4.69) is 12.2 Å². The third-order valence-corrected chi connectivity index (χ3v) is 4.57. The highest BCUT2D eigenvalue weighted by molar-refractivity contribution is 5.94. The normalized spacial score (nSPS) is 19.8. The summed E-state index contributed by atoms with van der Waals surface area (Å²) < 4.78 is 19.5. The molecule has 120 valence electrons. The number of rotatable bonds is 5. The minimum Gasteiger partial charge on any atom is -0.378 e. The zero-order valence-corrected chi connectivity index (χ0v) is 13.0. The summed E-state index contributed by atoms with van der Waals surface area (Å²) in [5.41, 5.74) is 0.934. The van der Waals surface area contributed by atoms with Crippen molar-refractivity contribution in [1.82, 2.24) is 5.32 Å². The van der Waals surface area contributed by atoms with Crippen LogP contribution in [0.4, 0.5) is 10.1 Å². The van der Waals surface area contributed by atoms with Gasteiger partial charge in [0.1, 0.15) is 5.82 Å². The van der Waals surface area contributed by atoms with E-state index in [1.165, 1.54) is 18.9 Å². The molecule has 22 heavy (non-hydrogen) atoms. The van der Waals surface area contributed by atoms with Gasteiger partial charge in [0.2, 0.25) is 0 Å². The van der Waals surface area contributed by atoms with E-state index in [4.69, 9.17) is 4.74 Å². The summed E-state index contributed by atoms with van der Waals surface area (Å²) in [4.78, 5) is 14.1. The Hall–Kier alpha value is -1.62. The Kier molecular flexibility index (Phi) is 4.62. The fraction of sp³-hybridized carbons (Fsp3) is 0.588. The Morgan fingerprint density at radius 1 is 1.41 bits per heavy atom. The second-order valence-corrected chi connectivity index (χ2v) is 6.29. The molecule has 0 aromatic heterocycles. The molecule has 4 nitrogen and oxygen atoms in total. The largest absolute Gasteiger partial charge is 0.378 e. The van der Waals surface area contributed by atoms with E-state index in [0.29, 0.717) is 50.0 Å². The predicted molar refractivity (Wildman–Crippen MR) is 83.7 cm³/mol. The highest BCUT2D eigenvalue weighted by Crippen LogP contribution is 2.36. The number of benzene rings is 1. The first-order chi connectivity index (χ1) is 10.6. The summed E-state index contributed by atoms with van der Waals surface area (Å²) in [6.07, 6.45) is 2.53. The first kappa shape index (κ1) is 15.3. The number of anilines is 1. The van der Waals surface area contributed by atoms with Gasteiger partial charge in [0.15, 0.2) is 0 Å². The van der Waals surface area contributed by atoms with E-state index in [0.717, 1.165) is 5.92 Å². The van der Waals surface area contributed by atoms with Crippen molar-refractivity contribution in [3.63, 3.8) is 0 Å². The lowest BCUT2D eigenvalue weighted by atomic mass is 10.1. The van der Waals surface area contributed by atoms with Crippen molar-refractivity contribution in [3.05, 3.63) is 29.6 Å². The molecule has 1 amide bonds. The number of nitrogens with zero attached hydrogens (tertiary/aromatic N) is 1. The van der Waals surface area contributed by atoms with Gasteiger partial charge in [-0.05, 0) is 42.9 Å². The van der Waals surface area contributed by atoms with Gasteiger partial charge in [-0.1, -0.05) is 6.92 Å². The highest BCUT2D eigenvalue weighted by atomic mass is 19.1. The number of hydrogen-bond donors (Lipinski definition) is 1. The lowest BCUT2D eigenvalue weighted by Gasteiger charge is -2.29. The van der Waals surface area contributed by atoms with Crippen LogP contribution in [0.15, 0.2) is 18.2 Å². The smallest absolute Gasteiger partial charge is 0.251 e. The summed E-state index contributed by atoms with van der Waals surface area (Å²) in [7, 11) is 0. The number of nitrogens with one attached hydrogen (secondary N) is 1. The van der Waals surface area contributed by atoms with Gasteiger partial charge >= 0.3 is 0 Å². The van der Waals surface area contributed by atoms with Crippen LogP contribution in [0.1, 0.15) is 30.1 Å². The van der Waals surface area contributed by atoms with Crippen molar-refractivity contribution in [1.29, 1.82) is 0 Å². The van der Waals surface area contributed by atoms with Crippen LogP contribution in [0.5, 0.6) is 0 Å². The van der Waals surface area contributed by atoms with Crippen LogP contribution in [0.2, 0.25) is 0 Å². The molecule has 3 rings (SSSR count). The fourth-order valence-electron chi connectivity index (χ4n) is 2.90. The van der Waals surface area contributed by atoms with Crippen LogP contribution in [0.3, 0.4) is 0 Å². The SMILES string of the molecule is CC(CNC(=O)c1ccc(N2CCOCC2)c(F)c1)C1CC1. The Morgan fingerprint density at radius 3 is 2.77 bits per heavy atom. The van der Waals surface area contributed by atoms with Crippen LogP contribution in [-0.2, 0) is 4.74 Å². The highest BCUT2D eigenvalue weighted by Gasteiger charge is 2.28. The van der Waals surface area contributed by atoms with Crippen molar-refractivity contribution in [2.75, 3.05) is 37.7 Å². The lowest BCUT2D eigenvalue weighted by molar-refractivity contribution is 0.0946. The molecule has 2 aliphatic rings. The Labute approximate surface area is 130 Å². The van der Waals surface area contributed by atoms with Crippen molar-refractivity contribution in [2.45, 2.75) is 19.8 Å². The monoisotopic (exact) mass is 306 g/mol. The van der Waals surface area contributed by atoms with Crippen molar-refractivity contribution < 1.29 is 13.9 Å². The Balaban J connectivity index is 1.61. The topological polar surface area (TPSA) is 41.6 Å². The molecule has 0 bridgehead atoms. The molecule has 0 spiro atoms. The van der Waals surface area contributed by atoms with E-state index < -0.39 is 0 Å². The maximum atomic E-state index is 14.3. The molecule has 1 unspecified atom stereocenters. The number of morpholine rings is 1. The number of carbonyl (C=O) groups is 1. The molecule has 1 aromatic rings. The molecule has 1 atom stereocenters. The minimum atomic E-state index is -0.343. The molecule has 2 fully saturated rings. The van der Waals surface area contributed by atoms with Gasteiger partial charge in [-0.15, -0.1) is 0 Å². The van der Waals surface area contributed by atoms with Gasteiger partial charge < -0.3 is 15.0 Å². The Morgan fingerprint density at radius 2 is 2.14 bits per heavy atom. The number of amides is 1. The molecular formula is C17H23FN2O2. The first-order valence-electron chi connectivity index (χ1n) is 8.05. The quantitative estimate of drug-likeness (QED) is 0.908. The van der Waals surface area contributed by atoms with E-state index in [9.17, 15) is 9.18 Å². The van der Waals surface area contributed by atoms with Gasteiger partial charge in [0, 0.05) is 25.2 Å². The number of halogens is 1. The summed E-state index contributed by atoms with van der Waals surface area (Å²) in [5, 5.41) is 2.91. The number of hydrogen-bond acceptors (Lipinski definition) is 3. The first-order valence-corrected chi connectivity index (χ1v) is 8.05. The maximum Gasteiger partial charge on any atom is 0.251 e. The Bertz CT molecular complexity index is 539. The van der Waals surface area contributed by atoms with Gasteiger partial charge in [-0.3, -0.25) is 4.79 Å². The zero-order valence-electron chi connectivity index (χ0n) is 13.0. The number of ether oxygens (including phenoxy) is 1. The average Bonchev–Trinajstić information content (AvgIpc) is 3.38. The van der Waals surface area contributed by atoms with Crippen LogP contribution in [-0.4, -0.2) is 38.8 Å². The van der Waals surface area contributed by atoms with Crippen molar-refractivity contribution in [3.8, 4) is 0 Å². The van der Waals surface area contributed by atoms with Crippen LogP contribution >= 0.6 is 0 Å². The third kappa shape index (κ3) is 3.58. The van der Waals surface area contributed by atoms with Crippen LogP contribution in [0.25, 0.3) is 0 Å². The van der Waals surface area contributed by atoms with E-state index in [-0.39, 0.29) is 11.7 Å². The van der Waals surface area contributed by atoms with Crippen molar-refractivity contribution >= 4 is 11.6 Å². The molecule has 1 N–H and O–H groups in total. The molecular weight excluding hydrogens is 283 g/mol. The van der Waals surface area contributed by atoms with E-state index >= 15 is 0 Å². The average molecular weight is 306 g/mol. The molecule has 1 saturated heterocycles. The zero-order chi connectivity index (χ0) is 15.5. The number of carbonyl (C=O) groups excluding carboxylic acids is 1. The summed E-state index contributed by atoms with van der Waals surface area (Å²) in [5.74, 6) is 0.715. The summed E-state index contributed by atoms with van der Waals surface area (Å²) in [6, 6.07) is 4.73. The molecule has 1 saturated carbocycles. The van der Waals surface area contributed by atoms with E-state index in [1.54, 1.807) is 12.1 Å². The van der Waals surface area contributed by atoms with E-state index in [1.807, 2.05) is 4.90 Å². The predicted octanol–water partition coefficient (Wildman–Crippen LogP) is 2.44. The van der Waals surface area contributed by atoms with Gasteiger partial charge in [0.05, 0.1) is 18.9 Å². The standard InChI is InChI=1S/C17H23FN2O2/c1-12(13-2-3-13)11-19-17(21)14-4-5-16(15(18)10-14)20-6-8-22-9-7-20/h4-5,10,12-13H,2-3,6-9,11H2,1H3,(H,19,21). The maximum absolute atomic E-state index is 14.3. The molecule has 1 heterocycles. The second-order valence-electron chi connectivity index (χ2n) is 6.29. The molecule has 5 heteroatoms. The van der Waals surface area contributed by atoms with Gasteiger partial charge in [0.25, 0.3) is 5.91 Å². The molecule has 1 aromatic carbocycles. The van der Waals surface area contributed by atoms with Gasteiger partial charge in [-0.2, -0.15) is 0 Å². The second kappa shape index (κ2) is 6.65. The summed E-state index contributed by atoms with van der Waals surface area (Å²) >= 11 is 0. The van der Waals surface area contributed by atoms with Gasteiger partial charge in [-0.25, -0.2) is 4.39 Å². The molecule has 0 radical (unpaired) electrons. The van der Waals surface area contributed by atoms with Crippen molar-refractivity contribution in [2.24, 2.45) is 11.8 Å². The minimum absolute atomic E-state index is 0.195. The molecule has 1 aliphatic heterocycles. The lowest BCUT2D eigenvalue weighted by Crippen LogP contribution is -2.36. The van der Waals surface area contributed by atoms with Crippen LogP contribution < -0.4 is 10.2 Å². The fourth-order valence-corrected chi connectivity index (χ4v) is 2.90. The van der Waals surface area contributed by atoms with Crippen LogP contribution in [0, 0.1) is 17.7 Å².